The average molecular weight is 399 g/mol. The van der Waals surface area contributed by atoms with Crippen LogP contribution in [-0.4, -0.2) is 61.9 Å². The van der Waals surface area contributed by atoms with Crippen LogP contribution in [0.1, 0.15) is 19.3 Å². The van der Waals surface area contributed by atoms with Crippen LogP contribution in [0.25, 0.3) is 0 Å². The average Bonchev–Trinajstić information content (AvgIpc) is 3.14. The first-order valence-corrected chi connectivity index (χ1v) is 10.0. The maximum atomic E-state index is 14.1. The lowest BCUT2D eigenvalue weighted by molar-refractivity contribution is -0.149. The lowest BCUT2D eigenvalue weighted by Gasteiger charge is -2.23. The Morgan fingerprint density at radius 2 is 2.07 bits per heavy atom. The molecule has 27 heavy (non-hydrogen) atoms. The molecule has 0 radical (unpaired) electrons. The Morgan fingerprint density at radius 3 is 2.67 bits per heavy atom. The monoisotopic (exact) mass is 399 g/mol. The Morgan fingerprint density at radius 1 is 1.37 bits per heavy atom. The number of nitrogens with zero attached hydrogens (tertiary/aromatic N) is 2. The maximum absolute atomic E-state index is 14.1. The fourth-order valence-corrected chi connectivity index (χ4v) is 4.89. The van der Waals surface area contributed by atoms with Crippen LogP contribution in [-0.2, 0) is 14.8 Å². The number of likely N-dealkylation sites (tertiary alicyclic amines) is 1. The van der Waals surface area contributed by atoms with Crippen molar-refractivity contribution in [1.82, 2.24) is 9.21 Å². The van der Waals surface area contributed by atoms with Gasteiger partial charge < -0.3 is 15.3 Å². The molecule has 1 heterocycles. The first-order chi connectivity index (χ1) is 12.6. The van der Waals surface area contributed by atoms with E-state index >= 15 is 0 Å². The Kier molecular flexibility index (Phi) is 4.89. The third-order valence-corrected chi connectivity index (χ3v) is 7.35. The number of anilines is 1. The molecule has 1 aliphatic heterocycles. The topological polar surface area (TPSA) is 107 Å². The van der Waals surface area contributed by atoms with Gasteiger partial charge in [-0.3, -0.25) is 4.79 Å². The number of urea groups is 1. The standard InChI is InChI=1S/C17H22FN3O5S/c1-20(2)27(25,26)12-5-6-13(18)14(8-12)19-16(24)21-9-11-4-3-7-17(11,10-21)15(22)23/h5-6,8,11H,3-4,7,9-10H2,1-2H3,(H,19,24)(H,22,23)/t11-,17+/m0/s1. The zero-order chi connectivity index (χ0) is 20.0. The van der Waals surface area contributed by atoms with Crippen LogP contribution in [0.3, 0.4) is 0 Å². The highest BCUT2D eigenvalue weighted by Crippen LogP contribution is 2.49. The molecule has 3 rings (SSSR count). The van der Waals surface area contributed by atoms with Crippen LogP contribution in [0, 0.1) is 17.2 Å². The maximum Gasteiger partial charge on any atom is 0.321 e. The van der Waals surface area contributed by atoms with Gasteiger partial charge in [-0.05, 0) is 37.0 Å². The SMILES string of the molecule is CN(C)S(=O)(=O)c1ccc(F)c(NC(=O)N2C[C@@H]3CCC[C@@]3(C(=O)O)C2)c1. The van der Waals surface area contributed by atoms with Gasteiger partial charge in [0.1, 0.15) is 5.82 Å². The summed E-state index contributed by atoms with van der Waals surface area (Å²) >= 11 is 0. The molecule has 10 heteroatoms. The molecule has 0 bridgehead atoms. The molecule has 1 aromatic carbocycles. The summed E-state index contributed by atoms with van der Waals surface area (Å²) in [4.78, 5) is 25.5. The van der Waals surface area contributed by atoms with Crippen molar-refractivity contribution >= 4 is 27.7 Å². The summed E-state index contributed by atoms with van der Waals surface area (Å²) < 4.78 is 39.5. The highest BCUT2D eigenvalue weighted by molar-refractivity contribution is 7.89. The van der Waals surface area contributed by atoms with Crippen LogP contribution in [0.15, 0.2) is 23.1 Å². The number of sulfonamides is 1. The van der Waals surface area contributed by atoms with E-state index in [1.807, 2.05) is 0 Å². The van der Waals surface area contributed by atoms with Crippen LogP contribution in [0.4, 0.5) is 14.9 Å². The van der Waals surface area contributed by atoms with Crippen LogP contribution in [0.5, 0.6) is 0 Å². The van der Waals surface area contributed by atoms with Crippen molar-refractivity contribution in [2.75, 3.05) is 32.5 Å². The van der Waals surface area contributed by atoms with Crippen molar-refractivity contribution in [1.29, 1.82) is 0 Å². The largest absolute Gasteiger partial charge is 0.481 e. The number of benzene rings is 1. The molecule has 1 aromatic rings. The lowest BCUT2D eigenvalue weighted by Crippen LogP contribution is -2.38. The first-order valence-electron chi connectivity index (χ1n) is 8.59. The molecule has 2 atom stereocenters. The van der Waals surface area contributed by atoms with Gasteiger partial charge in [-0.15, -0.1) is 0 Å². The molecule has 2 aliphatic rings. The van der Waals surface area contributed by atoms with E-state index in [1.165, 1.54) is 19.0 Å². The third kappa shape index (κ3) is 3.27. The molecular formula is C17H22FN3O5S. The highest BCUT2D eigenvalue weighted by atomic mass is 32.2. The summed E-state index contributed by atoms with van der Waals surface area (Å²) in [7, 11) is -1.08. The number of carboxylic acids is 1. The molecular weight excluding hydrogens is 377 g/mol. The van der Waals surface area contributed by atoms with Crippen LogP contribution in [0.2, 0.25) is 0 Å². The third-order valence-electron chi connectivity index (χ3n) is 5.54. The number of carbonyl (C=O) groups excluding carboxylic acids is 1. The van der Waals surface area contributed by atoms with Gasteiger partial charge in [0, 0.05) is 27.2 Å². The molecule has 8 nitrogen and oxygen atoms in total. The minimum atomic E-state index is -3.78. The molecule has 1 saturated carbocycles. The molecule has 2 N–H and O–H groups in total. The lowest BCUT2D eigenvalue weighted by atomic mass is 9.81. The fraction of sp³-hybridized carbons (Fsp3) is 0.529. The van der Waals surface area contributed by atoms with Crippen molar-refractivity contribution in [3.05, 3.63) is 24.0 Å². The number of aliphatic carboxylic acids is 1. The van der Waals surface area contributed by atoms with Crippen molar-refractivity contribution in [3.63, 3.8) is 0 Å². The number of carbonyl (C=O) groups is 2. The van der Waals surface area contributed by atoms with Crippen molar-refractivity contribution in [2.45, 2.75) is 24.2 Å². The highest BCUT2D eigenvalue weighted by Gasteiger charge is 2.55. The molecule has 148 valence electrons. The quantitative estimate of drug-likeness (QED) is 0.803. The Labute approximate surface area is 157 Å². The van der Waals surface area contributed by atoms with E-state index in [4.69, 9.17) is 0 Å². The molecule has 2 amide bonds. The first kappa shape index (κ1) is 19.6. The summed E-state index contributed by atoms with van der Waals surface area (Å²) in [6.07, 6.45) is 2.06. The van der Waals surface area contributed by atoms with Gasteiger partial charge in [0.25, 0.3) is 0 Å². The predicted molar refractivity (Wildman–Crippen MR) is 95.3 cm³/mol. The molecule has 0 spiro atoms. The van der Waals surface area contributed by atoms with Gasteiger partial charge in [0.05, 0.1) is 16.0 Å². The Hall–Kier alpha value is -2.20. The zero-order valence-electron chi connectivity index (χ0n) is 15.1. The normalized spacial score (nSPS) is 24.9. The van der Waals surface area contributed by atoms with Crippen molar-refractivity contribution in [2.24, 2.45) is 11.3 Å². The number of nitrogens with one attached hydrogen (secondary N) is 1. The molecule has 0 aromatic heterocycles. The minimum absolute atomic E-state index is 0.0656. The van der Waals surface area contributed by atoms with Gasteiger partial charge in [0.2, 0.25) is 10.0 Å². The van der Waals surface area contributed by atoms with Gasteiger partial charge in [-0.1, -0.05) is 6.42 Å². The smallest absolute Gasteiger partial charge is 0.321 e. The number of amides is 2. The number of rotatable bonds is 4. The van der Waals surface area contributed by atoms with Gasteiger partial charge in [-0.2, -0.15) is 0 Å². The van der Waals surface area contributed by atoms with Gasteiger partial charge >= 0.3 is 12.0 Å². The van der Waals surface area contributed by atoms with Crippen LogP contribution >= 0.6 is 0 Å². The number of hydrogen-bond acceptors (Lipinski definition) is 4. The summed E-state index contributed by atoms with van der Waals surface area (Å²) in [5.41, 5.74) is -1.20. The molecule has 1 saturated heterocycles. The van der Waals surface area contributed by atoms with Gasteiger partial charge in [-0.25, -0.2) is 21.9 Å². The van der Waals surface area contributed by atoms with Crippen molar-refractivity contribution < 1.29 is 27.5 Å². The van der Waals surface area contributed by atoms with E-state index in [0.29, 0.717) is 6.42 Å². The zero-order valence-corrected chi connectivity index (χ0v) is 15.9. The number of fused-ring (bicyclic) bond motifs is 1. The molecule has 0 unspecified atom stereocenters. The number of halogens is 1. The molecule has 1 aliphatic carbocycles. The molecule has 2 fully saturated rings. The summed E-state index contributed by atoms with van der Waals surface area (Å²) in [6.45, 7) is 0.353. The van der Waals surface area contributed by atoms with E-state index in [2.05, 4.69) is 5.32 Å². The fourth-order valence-electron chi connectivity index (χ4n) is 3.96. The number of carboxylic acid groups (broad SMARTS) is 1. The van der Waals surface area contributed by atoms with Crippen molar-refractivity contribution in [3.8, 4) is 0 Å². The second kappa shape index (κ2) is 6.75. The van der Waals surface area contributed by atoms with E-state index < -0.39 is 33.3 Å². The van der Waals surface area contributed by atoms with E-state index in [9.17, 15) is 27.5 Å². The predicted octanol–water partition coefficient (Wildman–Crippen LogP) is 1.79. The number of hydrogen-bond donors (Lipinski definition) is 2. The van der Waals surface area contributed by atoms with E-state index in [-0.39, 0.29) is 29.6 Å². The Bertz CT molecular complexity index is 889. The summed E-state index contributed by atoms with van der Waals surface area (Å²) in [6, 6.07) is 2.53. The second-order valence-electron chi connectivity index (χ2n) is 7.29. The second-order valence-corrected chi connectivity index (χ2v) is 9.44. The van der Waals surface area contributed by atoms with E-state index in [1.54, 1.807) is 0 Å². The summed E-state index contributed by atoms with van der Waals surface area (Å²) in [5.74, 6) is -1.80. The van der Waals surface area contributed by atoms with E-state index in [0.717, 1.165) is 35.3 Å². The Balaban J connectivity index is 1.80. The summed E-state index contributed by atoms with van der Waals surface area (Å²) in [5, 5.41) is 12.0. The minimum Gasteiger partial charge on any atom is -0.481 e. The van der Waals surface area contributed by atoms with Crippen LogP contribution < -0.4 is 5.32 Å². The van der Waals surface area contributed by atoms with Gasteiger partial charge in [0.15, 0.2) is 0 Å².